The lowest BCUT2D eigenvalue weighted by atomic mass is 9.91. The Morgan fingerprint density at radius 2 is 1.72 bits per heavy atom. The zero-order valence-electron chi connectivity index (χ0n) is 17.7. The molecule has 1 N–H and O–H groups in total. The van der Waals surface area contributed by atoms with E-state index < -0.39 is 23.7 Å². The Labute approximate surface area is 183 Å². The summed E-state index contributed by atoms with van der Waals surface area (Å²) in [5, 5.41) is 10.3. The summed E-state index contributed by atoms with van der Waals surface area (Å²) in [6.07, 6.45) is -3.48. The summed E-state index contributed by atoms with van der Waals surface area (Å²) >= 11 is 0. The van der Waals surface area contributed by atoms with E-state index in [0.717, 1.165) is 25.6 Å². The minimum Gasteiger partial charge on any atom is -0.338 e. The van der Waals surface area contributed by atoms with Crippen molar-refractivity contribution in [2.45, 2.75) is 32.5 Å². The second-order valence-corrected chi connectivity index (χ2v) is 8.58. The van der Waals surface area contributed by atoms with Crippen molar-refractivity contribution in [3.05, 3.63) is 59.2 Å². The van der Waals surface area contributed by atoms with Crippen LogP contribution in [0.15, 0.2) is 52.7 Å². The van der Waals surface area contributed by atoms with Gasteiger partial charge in [-0.05, 0) is 48.6 Å². The largest absolute Gasteiger partial charge is 0.418 e. The van der Waals surface area contributed by atoms with Crippen LogP contribution >= 0.6 is 0 Å². The number of halogens is 3. The van der Waals surface area contributed by atoms with Gasteiger partial charge in [-0.1, -0.05) is 26.0 Å². The van der Waals surface area contributed by atoms with Crippen molar-refractivity contribution >= 4 is 23.2 Å². The van der Waals surface area contributed by atoms with E-state index in [9.17, 15) is 22.8 Å². The van der Waals surface area contributed by atoms with Crippen LogP contribution in [0.4, 0.5) is 24.5 Å². The maximum atomic E-state index is 13.2. The average Bonchev–Trinajstić information content (AvgIpc) is 3.05. The number of carbonyl (C=O) groups is 2. The summed E-state index contributed by atoms with van der Waals surface area (Å²) in [6, 6.07) is 8.92. The molecule has 9 heteroatoms. The molecular formula is C23H23F3N4O2. The molecule has 0 unspecified atom stereocenters. The highest BCUT2D eigenvalue weighted by atomic mass is 19.4. The number of rotatable bonds is 3. The molecule has 2 aromatic rings. The molecule has 0 bridgehead atoms. The Kier molecular flexibility index (Phi) is 5.75. The molecule has 0 aromatic heterocycles. The number of hydrogen-bond donors (Lipinski definition) is 1. The maximum Gasteiger partial charge on any atom is 0.418 e. The summed E-state index contributed by atoms with van der Waals surface area (Å²) in [4.78, 5) is 26.9. The standard InChI is InChI=1S/C23H23F3N4O2/c1-13-10-14(2)12-30(11-13)22(32)15-6-8-16(9-7-15)28-29-20-17-4-3-5-18(23(24,25)26)19(17)27-21(20)31/h3-9,13-14,20H,10-12H2,1-2H3,(H,27,31)/t13-,14-,20-/m1/s1. The number of carbonyl (C=O) groups excluding carboxylic acids is 2. The van der Waals surface area contributed by atoms with Crippen molar-refractivity contribution in [1.29, 1.82) is 0 Å². The zero-order valence-corrected chi connectivity index (χ0v) is 17.7. The molecule has 1 fully saturated rings. The van der Waals surface area contributed by atoms with E-state index in [1.165, 1.54) is 12.1 Å². The molecule has 2 heterocycles. The molecule has 32 heavy (non-hydrogen) atoms. The molecule has 2 aromatic carbocycles. The first-order valence-electron chi connectivity index (χ1n) is 10.4. The van der Waals surface area contributed by atoms with Gasteiger partial charge >= 0.3 is 6.18 Å². The smallest absolute Gasteiger partial charge is 0.338 e. The normalized spacial score (nSPS) is 23.3. The number of hydrogen-bond acceptors (Lipinski definition) is 4. The second kappa shape index (κ2) is 8.37. The molecule has 0 saturated carbocycles. The number of para-hydroxylation sites is 1. The van der Waals surface area contributed by atoms with Crippen LogP contribution < -0.4 is 5.32 Å². The molecule has 2 amide bonds. The van der Waals surface area contributed by atoms with Crippen molar-refractivity contribution in [1.82, 2.24) is 4.90 Å². The Bertz CT molecular complexity index is 1060. The number of azo groups is 1. The summed E-state index contributed by atoms with van der Waals surface area (Å²) in [6.45, 7) is 5.71. The Hall–Kier alpha value is -3.23. The van der Waals surface area contributed by atoms with E-state index in [-0.39, 0.29) is 17.2 Å². The molecule has 2 aliphatic heterocycles. The van der Waals surface area contributed by atoms with Crippen molar-refractivity contribution in [2.75, 3.05) is 18.4 Å². The van der Waals surface area contributed by atoms with Crippen LogP contribution in [0, 0.1) is 11.8 Å². The molecule has 168 valence electrons. The van der Waals surface area contributed by atoms with Crippen LogP contribution in [0.3, 0.4) is 0 Å². The van der Waals surface area contributed by atoms with Crippen LogP contribution in [0.2, 0.25) is 0 Å². The Morgan fingerprint density at radius 3 is 2.34 bits per heavy atom. The van der Waals surface area contributed by atoms with Crippen LogP contribution in [-0.4, -0.2) is 29.8 Å². The highest BCUT2D eigenvalue weighted by Crippen LogP contribution is 2.43. The lowest BCUT2D eigenvalue weighted by Gasteiger charge is -2.35. The van der Waals surface area contributed by atoms with E-state index in [1.807, 2.05) is 4.90 Å². The molecule has 0 spiro atoms. The number of likely N-dealkylation sites (tertiary alicyclic amines) is 1. The molecular weight excluding hydrogens is 421 g/mol. The number of fused-ring (bicyclic) bond motifs is 1. The fraction of sp³-hybridized carbons (Fsp3) is 0.391. The molecule has 0 radical (unpaired) electrons. The van der Waals surface area contributed by atoms with E-state index in [1.54, 1.807) is 24.3 Å². The molecule has 3 atom stereocenters. The number of alkyl halides is 3. The highest BCUT2D eigenvalue weighted by Gasteiger charge is 2.40. The maximum absolute atomic E-state index is 13.2. The van der Waals surface area contributed by atoms with Crippen LogP contribution in [0.5, 0.6) is 0 Å². The lowest BCUT2D eigenvalue weighted by Crippen LogP contribution is -2.42. The number of piperidine rings is 1. The second-order valence-electron chi connectivity index (χ2n) is 8.58. The van der Waals surface area contributed by atoms with E-state index in [4.69, 9.17) is 0 Å². The monoisotopic (exact) mass is 444 g/mol. The SMILES string of the molecule is C[C@@H]1C[C@@H](C)CN(C(=O)c2ccc(N=N[C@H]3C(=O)Nc4c3cccc4C(F)(F)F)cc2)C1. The first kappa shape index (κ1) is 22.0. The van der Waals surface area contributed by atoms with E-state index >= 15 is 0 Å². The topological polar surface area (TPSA) is 74.1 Å². The minimum absolute atomic E-state index is 0.0457. The van der Waals surface area contributed by atoms with Crippen LogP contribution in [0.1, 0.15) is 47.8 Å². The van der Waals surface area contributed by atoms with Gasteiger partial charge in [-0.2, -0.15) is 23.4 Å². The quantitative estimate of drug-likeness (QED) is 0.626. The fourth-order valence-electron chi connectivity index (χ4n) is 4.43. The summed E-state index contributed by atoms with van der Waals surface area (Å²) in [5.41, 5.74) is -0.127. The van der Waals surface area contributed by atoms with Gasteiger partial charge < -0.3 is 10.2 Å². The fourth-order valence-corrected chi connectivity index (χ4v) is 4.43. The van der Waals surface area contributed by atoms with Gasteiger partial charge in [-0.25, -0.2) is 0 Å². The van der Waals surface area contributed by atoms with Gasteiger partial charge in [-0.3, -0.25) is 9.59 Å². The van der Waals surface area contributed by atoms with Gasteiger partial charge in [0.2, 0.25) is 0 Å². The third-order valence-electron chi connectivity index (χ3n) is 5.75. The van der Waals surface area contributed by atoms with E-state index in [0.29, 0.717) is 23.1 Å². The van der Waals surface area contributed by atoms with Gasteiger partial charge in [0.25, 0.3) is 11.8 Å². The summed E-state index contributed by atoms with van der Waals surface area (Å²) in [5.74, 6) is 0.194. The van der Waals surface area contributed by atoms with Gasteiger partial charge in [-0.15, -0.1) is 0 Å². The molecule has 0 aliphatic carbocycles. The van der Waals surface area contributed by atoms with Crippen molar-refractivity contribution in [3.8, 4) is 0 Å². The van der Waals surface area contributed by atoms with Gasteiger partial charge in [0.1, 0.15) is 0 Å². The molecule has 1 saturated heterocycles. The van der Waals surface area contributed by atoms with Gasteiger partial charge in [0.05, 0.1) is 16.9 Å². The number of nitrogens with zero attached hydrogens (tertiary/aromatic N) is 3. The van der Waals surface area contributed by atoms with Crippen LogP contribution in [-0.2, 0) is 11.0 Å². The Balaban J connectivity index is 1.50. The minimum atomic E-state index is -4.59. The molecule has 2 aliphatic rings. The number of anilines is 1. The highest BCUT2D eigenvalue weighted by molar-refractivity contribution is 6.03. The molecule has 6 nitrogen and oxygen atoms in total. The first-order chi connectivity index (χ1) is 15.1. The van der Waals surface area contributed by atoms with Crippen molar-refractivity contribution in [2.24, 2.45) is 22.1 Å². The lowest BCUT2D eigenvalue weighted by molar-refractivity contribution is -0.136. The number of amides is 2. The van der Waals surface area contributed by atoms with Crippen LogP contribution in [0.25, 0.3) is 0 Å². The predicted octanol–water partition coefficient (Wildman–Crippen LogP) is 5.60. The van der Waals surface area contributed by atoms with Gasteiger partial charge in [0.15, 0.2) is 6.04 Å². The first-order valence-corrected chi connectivity index (χ1v) is 10.4. The summed E-state index contributed by atoms with van der Waals surface area (Å²) in [7, 11) is 0. The summed E-state index contributed by atoms with van der Waals surface area (Å²) < 4.78 is 39.6. The molecule has 4 rings (SSSR count). The number of benzene rings is 2. The number of nitrogens with one attached hydrogen (secondary N) is 1. The third kappa shape index (κ3) is 4.37. The Morgan fingerprint density at radius 1 is 1.06 bits per heavy atom. The van der Waals surface area contributed by atoms with Crippen molar-refractivity contribution in [3.63, 3.8) is 0 Å². The predicted molar refractivity (Wildman–Crippen MR) is 113 cm³/mol. The van der Waals surface area contributed by atoms with E-state index in [2.05, 4.69) is 29.4 Å². The zero-order chi connectivity index (χ0) is 23.0. The van der Waals surface area contributed by atoms with Gasteiger partial charge in [0, 0.05) is 24.2 Å². The third-order valence-corrected chi connectivity index (χ3v) is 5.75. The average molecular weight is 444 g/mol. The van der Waals surface area contributed by atoms with Crippen molar-refractivity contribution < 1.29 is 22.8 Å².